The number of aromatic nitrogens is 4. The van der Waals surface area contributed by atoms with Gasteiger partial charge < -0.3 is 9.97 Å². The molecule has 0 fully saturated rings. The van der Waals surface area contributed by atoms with Crippen LogP contribution < -0.4 is 0 Å². The Morgan fingerprint density at radius 1 is 0.480 bits per heavy atom. The summed E-state index contributed by atoms with van der Waals surface area (Å²) in [6.45, 7) is 0. The van der Waals surface area contributed by atoms with E-state index in [9.17, 15) is 0 Å². The normalized spacial score (nSPS) is 12.2. The first-order valence-corrected chi connectivity index (χ1v) is 7.85. The largest absolute Gasteiger partial charge is 0.355 e. The number of H-pyrrole nitrogens is 2. The van der Waals surface area contributed by atoms with Crippen LogP contribution in [0.3, 0.4) is 0 Å². The topological polar surface area (TPSA) is 57.4 Å². The molecule has 0 aromatic carbocycles. The molecule has 0 aliphatic carbocycles. The molecular weight excluding hydrogens is 540 g/mol. The van der Waals surface area contributed by atoms with Crippen molar-refractivity contribution in [3.8, 4) is 0 Å². The van der Waals surface area contributed by atoms with E-state index in [2.05, 4.69) is 50.3 Å². The Kier molecular flexibility index (Phi) is 4.16. The van der Waals surface area contributed by atoms with Crippen molar-refractivity contribution in [2.75, 3.05) is 0 Å². The molecule has 0 spiro atoms. The van der Waals surface area contributed by atoms with Crippen molar-refractivity contribution in [1.82, 2.24) is 19.9 Å². The summed E-state index contributed by atoms with van der Waals surface area (Å²) in [6, 6.07) is 16.4. The van der Waals surface area contributed by atoms with Crippen LogP contribution in [0.2, 0.25) is 0 Å². The average Bonchev–Trinajstić information content (AvgIpc) is 3.32. The Balaban J connectivity index is 0.00000157. The first-order valence-electron chi connectivity index (χ1n) is 7.85. The van der Waals surface area contributed by atoms with Crippen LogP contribution in [0.4, 0.5) is 0 Å². The van der Waals surface area contributed by atoms with Crippen LogP contribution in [0.1, 0.15) is 22.8 Å². The van der Waals surface area contributed by atoms with E-state index in [0.717, 1.165) is 44.8 Å². The predicted octanol–water partition coefficient (Wildman–Crippen LogP) is 4.66. The maximum absolute atomic E-state index is 4.62. The van der Waals surface area contributed by atoms with E-state index >= 15 is 0 Å². The molecule has 4 nitrogen and oxygen atoms in total. The van der Waals surface area contributed by atoms with Crippen LogP contribution in [0.25, 0.3) is 46.4 Å². The van der Waals surface area contributed by atoms with Gasteiger partial charge in [-0.3, -0.25) is 0 Å². The van der Waals surface area contributed by atoms with Gasteiger partial charge in [-0.05, 0) is 72.8 Å². The second-order valence-electron chi connectivity index (χ2n) is 5.91. The van der Waals surface area contributed by atoms with E-state index in [-0.39, 0.29) is 29.2 Å². The number of nitrogens with one attached hydrogen (secondary N) is 2. The first-order chi connectivity index (χ1) is 11.8. The molecule has 3 aromatic heterocycles. The zero-order chi connectivity index (χ0) is 15.9. The minimum Gasteiger partial charge on any atom is -0.355 e. The van der Waals surface area contributed by atoms with Gasteiger partial charge in [-0.15, -0.1) is 0 Å². The summed E-state index contributed by atoms with van der Waals surface area (Å²) in [5, 5.41) is 0. The van der Waals surface area contributed by atoms with Gasteiger partial charge in [0, 0.05) is 51.2 Å². The standard InChI is InChI=1S/C20H14N4.Pu/c1-2-14-10-16-5-6-18(23-16)12-20-8-7-19(24-20)11-17-4-3-15(22-17)9-13(1)21-14;/h1-12,21-22H;. The third-order valence-electron chi connectivity index (χ3n) is 4.04. The molecule has 2 aliphatic heterocycles. The number of nitrogens with zero attached hydrogens (tertiary/aromatic N) is 2. The average molecular weight is 554 g/mol. The van der Waals surface area contributed by atoms with Gasteiger partial charge >= 0.3 is 0 Å². The molecule has 2 N–H and O–H groups in total. The van der Waals surface area contributed by atoms with Crippen molar-refractivity contribution in [3.63, 3.8) is 0 Å². The van der Waals surface area contributed by atoms with E-state index in [1.165, 1.54) is 0 Å². The van der Waals surface area contributed by atoms with Crippen molar-refractivity contribution < 1.29 is 29.2 Å². The monoisotopic (exact) mass is 548 g/mol. The molecule has 5 rings (SSSR count). The second-order valence-corrected chi connectivity index (χ2v) is 5.91. The van der Waals surface area contributed by atoms with Gasteiger partial charge in [0.25, 0.3) is 0 Å². The molecule has 0 saturated carbocycles. The first kappa shape index (κ1) is 16.1. The molecule has 0 unspecified atom stereocenters. The van der Waals surface area contributed by atoms with Gasteiger partial charge in [0.1, 0.15) is 0 Å². The second kappa shape index (κ2) is 6.48. The SMILES string of the molecule is C1=Cc2cc3ccc(cc4ccc(cc5nc(cc1n2)C=C5)[nH]4)[nH]3.[Pu]. The fourth-order valence-electron chi connectivity index (χ4n) is 2.94. The molecule has 5 heterocycles. The maximum Gasteiger partial charge on any atom is 0.0659 e. The number of rotatable bonds is 0. The van der Waals surface area contributed by atoms with Crippen LogP contribution in [-0.2, 0) is 0 Å². The molecule has 0 amide bonds. The van der Waals surface area contributed by atoms with Crippen LogP contribution >= 0.6 is 0 Å². The Hall–Kier alpha value is -2.41. The molecule has 0 atom stereocenters. The quantitative estimate of drug-likeness (QED) is 0.293. The van der Waals surface area contributed by atoms with Crippen LogP contribution in [0, 0.1) is 29.2 Å². The minimum absolute atomic E-state index is 0. The predicted molar refractivity (Wildman–Crippen MR) is 98.9 cm³/mol. The van der Waals surface area contributed by atoms with Gasteiger partial charge in [-0.2, -0.15) is 0 Å². The van der Waals surface area contributed by atoms with Crippen molar-refractivity contribution in [2.24, 2.45) is 0 Å². The molecule has 2 aliphatic rings. The van der Waals surface area contributed by atoms with Crippen LogP contribution in [0.15, 0.2) is 48.5 Å². The fraction of sp³-hybridized carbons (Fsp3) is 0. The van der Waals surface area contributed by atoms with Gasteiger partial charge in [0.2, 0.25) is 0 Å². The van der Waals surface area contributed by atoms with Crippen molar-refractivity contribution in [3.05, 3.63) is 71.3 Å². The van der Waals surface area contributed by atoms with E-state index < -0.39 is 0 Å². The third kappa shape index (κ3) is 3.37. The summed E-state index contributed by atoms with van der Waals surface area (Å²) in [4.78, 5) is 16.0. The van der Waals surface area contributed by atoms with E-state index in [1.807, 2.05) is 42.5 Å². The molecule has 120 valence electrons. The summed E-state index contributed by atoms with van der Waals surface area (Å²) < 4.78 is 0. The van der Waals surface area contributed by atoms with Crippen LogP contribution in [-0.4, -0.2) is 19.9 Å². The van der Waals surface area contributed by atoms with Gasteiger partial charge in [0.05, 0.1) is 22.8 Å². The number of fused-ring (bicyclic) bond motifs is 8. The number of hydrogen-bond donors (Lipinski definition) is 2. The molecular formula is C20H14N4Pu. The Labute approximate surface area is 166 Å². The van der Waals surface area contributed by atoms with E-state index in [0.29, 0.717) is 0 Å². The van der Waals surface area contributed by atoms with E-state index in [1.54, 1.807) is 0 Å². The summed E-state index contributed by atoms with van der Waals surface area (Å²) in [5.41, 5.74) is 7.86. The van der Waals surface area contributed by atoms with Crippen LogP contribution in [0.5, 0.6) is 0 Å². The molecule has 8 bridgehead atoms. The summed E-state index contributed by atoms with van der Waals surface area (Å²) in [5.74, 6) is 0. The fourth-order valence-corrected chi connectivity index (χ4v) is 2.94. The molecule has 0 saturated heterocycles. The van der Waals surface area contributed by atoms with Gasteiger partial charge in [0.15, 0.2) is 0 Å². The zero-order valence-electron chi connectivity index (χ0n) is 13.2. The molecule has 0 radical (unpaired) electrons. The van der Waals surface area contributed by atoms with Gasteiger partial charge in [-0.1, -0.05) is 0 Å². The Morgan fingerprint density at radius 2 is 0.840 bits per heavy atom. The van der Waals surface area contributed by atoms with Crippen molar-refractivity contribution in [2.45, 2.75) is 0 Å². The van der Waals surface area contributed by atoms with Gasteiger partial charge in [-0.25, -0.2) is 9.97 Å². The molecule has 3 aromatic rings. The summed E-state index contributed by atoms with van der Waals surface area (Å²) in [6.07, 6.45) is 8.05. The maximum atomic E-state index is 4.62. The number of hydrogen-bond acceptors (Lipinski definition) is 2. The summed E-state index contributed by atoms with van der Waals surface area (Å²) in [7, 11) is 0. The molecule has 5 heteroatoms. The smallest absolute Gasteiger partial charge is 0.0659 e. The van der Waals surface area contributed by atoms with Crippen molar-refractivity contribution >= 4 is 46.4 Å². The molecule has 25 heavy (non-hydrogen) atoms. The van der Waals surface area contributed by atoms with E-state index in [4.69, 9.17) is 0 Å². The van der Waals surface area contributed by atoms with Crippen molar-refractivity contribution in [1.29, 1.82) is 0 Å². The zero-order valence-corrected chi connectivity index (χ0v) is 16.6. The third-order valence-corrected chi connectivity index (χ3v) is 4.04. The Bertz CT molecular complexity index is 1080. The number of aromatic amines is 2. The Morgan fingerprint density at radius 3 is 1.28 bits per heavy atom. The minimum atomic E-state index is 0. The summed E-state index contributed by atoms with van der Waals surface area (Å²) >= 11 is 0.